The van der Waals surface area contributed by atoms with Crippen LogP contribution in [-0.2, 0) is 0 Å². The van der Waals surface area contributed by atoms with E-state index in [0.29, 0.717) is 5.92 Å². The van der Waals surface area contributed by atoms with Crippen molar-refractivity contribution in [3.05, 3.63) is 78.5 Å². The van der Waals surface area contributed by atoms with E-state index in [4.69, 9.17) is 4.98 Å². The van der Waals surface area contributed by atoms with Crippen molar-refractivity contribution in [2.24, 2.45) is 0 Å². The molecule has 0 saturated heterocycles. The molecule has 24 heavy (non-hydrogen) atoms. The topological polar surface area (TPSA) is 12.9 Å². The Bertz CT molecular complexity index is 1000. The van der Waals surface area contributed by atoms with Crippen LogP contribution in [0.3, 0.4) is 0 Å². The Hall–Kier alpha value is -2.67. The van der Waals surface area contributed by atoms with Crippen LogP contribution in [0.5, 0.6) is 0 Å². The largest absolute Gasteiger partial charge is 0.252 e. The van der Waals surface area contributed by atoms with Gasteiger partial charge in [-0.05, 0) is 34.9 Å². The summed E-state index contributed by atoms with van der Waals surface area (Å²) in [5.74, 6) is 0.454. The van der Waals surface area contributed by atoms with Gasteiger partial charge in [0.1, 0.15) is 0 Å². The van der Waals surface area contributed by atoms with Gasteiger partial charge in [0.05, 0.1) is 5.52 Å². The first-order valence-electron chi connectivity index (χ1n) is 8.65. The predicted molar refractivity (Wildman–Crippen MR) is 103 cm³/mol. The highest BCUT2D eigenvalue weighted by atomic mass is 14.7. The summed E-state index contributed by atoms with van der Waals surface area (Å²) in [7, 11) is 0. The predicted octanol–water partition coefficient (Wildman–Crippen LogP) is 6.57. The van der Waals surface area contributed by atoms with Gasteiger partial charge in [-0.1, -0.05) is 80.6 Å². The zero-order valence-electron chi connectivity index (χ0n) is 14.2. The molecule has 4 rings (SSSR count). The monoisotopic (exact) mass is 311 g/mol. The maximum absolute atomic E-state index is 5.06. The van der Waals surface area contributed by atoms with Crippen LogP contribution < -0.4 is 0 Å². The molecule has 0 saturated carbocycles. The van der Waals surface area contributed by atoms with Crippen molar-refractivity contribution >= 4 is 21.7 Å². The Morgan fingerprint density at radius 3 is 2.38 bits per heavy atom. The van der Waals surface area contributed by atoms with Crippen molar-refractivity contribution in [3.63, 3.8) is 0 Å². The van der Waals surface area contributed by atoms with Gasteiger partial charge in [-0.25, -0.2) is 0 Å². The molecule has 0 aliphatic rings. The van der Waals surface area contributed by atoms with Crippen LogP contribution in [0, 0.1) is 0 Å². The molecule has 0 spiro atoms. The molecule has 1 atom stereocenters. The lowest BCUT2D eigenvalue weighted by Gasteiger charge is -2.15. The summed E-state index contributed by atoms with van der Waals surface area (Å²) in [6.45, 7) is 4.48. The molecular formula is C23H21N. The zero-order valence-corrected chi connectivity index (χ0v) is 14.2. The van der Waals surface area contributed by atoms with Gasteiger partial charge in [-0.3, -0.25) is 4.98 Å². The summed E-state index contributed by atoms with van der Waals surface area (Å²) in [6.07, 6.45) is 1.09. The van der Waals surface area contributed by atoms with Crippen molar-refractivity contribution in [2.75, 3.05) is 0 Å². The maximum Gasteiger partial charge on any atom is 0.0789 e. The second kappa shape index (κ2) is 6.09. The molecule has 0 fully saturated rings. The fourth-order valence-corrected chi connectivity index (χ4v) is 3.30. The first-order chi connectivity index (χ1) is 11.8. The summed E-state index contributed by atoms with van der Waals surface area (Å²) >= 11 is 0. The van der Waals surface area contributed by atoms with Crippen molar-refractivity contribution < 1.29 is 0 Å². The quantitative estimate of drug-likeness (QED) is 0.390. The Kier molecular flexibility index (Phi) is 3.78. The molecule has 0 aliphatic carbocycles. The van der Waals surface area contributed by atoms with Crippen molar-refractivity contribution in [3.8, 4) is 11.1 Å². The van der Waals surface area contributed by atoms with E-state index in [1.165, 1.54) is 33.0 Å². The van der Waals surface area contributed by atoms with E-state index in [9.17, 15) is 0 Å². The molecule has 4 aromatic rings. The average Bonchev–Trinajstić information content (AvgIpc) is 2.67. The third-order valence-electron chi connectivity index (χ3n) is 4.93. The van der Waals surface area contributed by atoms with Crippen LogP contribution in [0.4, 0.5) is 0 Å². The molecule has 0 bridgehead atoms. The van der Waals surface area contributed by atoms with Gasteiger partial charge in [-0.2, -0.15) is 0 Å². The standard InChI is InChI=1S/C23H21N/c1-3-16(2)22-15-21(17-9-5-4-6-10-17)20-14-13-18-11-7-8-12-19(18)23(20)24-22/h4-16H,3H2,1-2H3. The lowest BCUT2D eigenvalue weighted by molar-refractivity contribution is 0.712. The molecule has 1 heteroatoms. The summed E-state index contributed by atoms with van der Waals surface area (Å²) in [5, 5.41) is 3.71. The molecule has 3 aromatic carbocycles. The van der Waals surface area contributed by atoms with Gasteiger partial charge in [0, 0.05) is 16.5 Å². The highest BCUT2D eigenvalue weighted by Crippen LogP contribution is 2.34. The molecule has 0 aliphatic heterocycles. The molecule has 0 amide bonds. The van der Waals surface area contributed by atoms with Gasteiger partial charge in [-0.15, -0.1) is 0 Å². The number of aromatic nitrogens is 1. The Labute approximate surface area is 143 Å². The molecule has 1 heterocycles. The van der Waals surface area contributed by atoms with Crippen molar-refractivity contribution in [1.82, 2.24) is 4.98 Å². The van der Waals surface area contributed by atoms with E-state index >= 15 is 0 Å². The van der Waals surface area contributed by atoms with Crippen LogP contribution in [0.2, 0.25) is 0 Å². The van der Waals surface area contributed by atoms with Crippen LogP contribution in [0.15, 0.2) is 72.8 Å². The Balaban J connectivity index is 2.12. The second-order valence-electron chi connectivity index (χ2n) is 6.45. The number of fused-ring (bicyclic) bond motifs is 3. The summed E-state index contributed by atoms with van der Waals surface area (Å²) in [6, 6.07) is 25.9. The molecule has 0 radical (unpaired) electrons. The first-order valence-corrected chi connectivity index (χ1v) is 8.65. The van der Waals surface area contributed by atoms with E-state index in [2.05, 4.69) is 86.6 Å². The van der Waals surface area contributed by atoms with Gasteiger partial charge < -0.3 is 0 Å². The molecule has 0 N–H and O–H groups in total. The first kappa shape index (κ1) is 14.9. The van der Waals surface area contributed by atoms with Crippen molar-refractivity contribution in [2.45, 2.75) is 26.2 Å². The SMILES string of the molecule is CCC(C)c1cc(-c2ccccc2)c2ccc3ccccc3c2n1. The third kappa shape index (κ3) is 2.46. The van der Waals surface area contributed by atoms with Crippen LogP contribution in [-0.4, -0.2) is 4.98 Å². The fraction of sp³-hybridized carbons (Fsp3) is 0.174. The number of rotatable bonds is 3. The van der Waals surface area contributed by atoms with Gasteiger partial charge in [0.25, 0.3) is 0 Å². The Morgan fingerprint density at radius 2 is 1.58 bits per heavy atom. The minimum absolute atomic E-state index is 0.454. The van der Waals surface area contributed by atoms with Crippen LogP contribution in [0.1, 0.15) is 31.9 Å². The molecule has 1 nitrogen and oxygen atoms in total. The van der Waals surface area contributed by atoms with Crippen LogP contribution in [0.25, 0.3) is 32.8 Å². The lowest BCUT2D eigenvalue weighted by Crippen LogP contribution is -1.98. The van der Waals surface area contributed by atoms with E-state index in [-0.39, 0.29) is 0 Å². The number of benzene rings is 3. The normalized spacial score (nSPS) is 12.6. The number of hydrogen-bond donors (Lipinski definition) is 0. The maximum atomic E-state index is 5.06. The lowest BCUT2D eigenvalue weighted by atomic mass is 9.94. The third-order valence-corrected chi connectivity index (χ3v) is 4.93. The summed E-state index contributed by atoms with van der Waals surface area (Å²) in [5.41, 5.74) is 4.83. The van der Waals surface area contributed by atoms with Crippen LogP contribution >= 0.6 is 0 Å². The van der Waals surface area contributed by atoms with E-state index < -0.39 is 0 Å². The summed E-state index contributed by atoms with van der Waals surface area (Å²) in [4.78, 5) is 5.06. The number of nitrogens with zero attached hydrogens (tertiary/aromatic N) is 1. The van der Waals surface area contributed by atoms with Gasteiger partial charge in [0.15, 0.2) is 0 Å². The van der Waals surface area contributed by atoms with E-state index in [1.807, 2.05) is 0 Å². The minimum Gasteiger partial charge on any atom is -0.252 e. The average molecular weight is 311 g/mol. The van der Waals surface area contributed by atoms with E-state index in [0.717, 1.165) is 11.9 Å². The van der Waals surface area contributed by atoms with Gasteiger partial charge >= 0.3 is 0 Å². The number of hydrogen-bond acceptors (Lipinski definition) is 1. The highest BCUT2D eigenvalue weighted by Gasteiger charge is 2.13. The number of pyridine rings is 1. The van der Waals surface area contributed by atoms with E-state index in [1.54, 1.807) is 0 Å². The zero-order chi connectivity index (χ0) is 16.5. The molecule has 1 aromatic heterocycles. The van der Waals surface area contributed by atoms with Crippen molar-refractivity contribution in [1.29, 1.82) is 0 Å². The second-order valence-corrected chi connectivity index (χ2v) is 6.45. The summed E-state index contributed by atoms with van der Waals surface area (Å²) < 4.78 is 0. The van der Waals surface area contributed by atoms with Gasteiger partial charge in [0.2, 0.25) is 0 Å². The molecular weight excluding hydrogens is 290 g/mol. The fourth-order valence-electron chi connectivity index (χ4n) is 3.30. The highest BCUT2D eigenvalue weighted by molar-refractivity contribution is 6.10. The smallest absolute Gasteiger partial charge is 0.0789 e. The Morgan fingerprint density at radius 1 is 0.833 bits per heavy atom. The minimum atomic E-state index is 0.454. The molecule has 118 valence electrons. The molecule has 1 unspecified atom stereocenters.